The minimum atomic E-state index is -0.0633. The van der Waals surface area contributed by atoms with Gasteiger partial charge in [-0.2, -0.15) is 0 Å². The van der Waals surface area contributed by atoms with Crippen LogP contribution in [0.1, 0.15) is 38.2 Å². The molecule has 0 spiro atoms. The summed E-state index contributed by atoms with van der Waals surface area (Å²) in [6.45, 7) is 3.09. The minimum Gasteiger partial charge on any atom is -0.395 e. The molecule has 2 amide bonds. The van der Waals surface area contributed by atoms with Crippen molar-refractivity contribution in [3.05, 3.63) is 35.9 Å². The second kappa shape index (κ2) is 8.03. The highest BCUT2D eigenvalue weighted by atomic mass is 16.3. The van der Waals surface area contributed by atoms with Gasteiger partial charge in [0.2, 0.25) is 0 Å². The van der Waals surface area contributed by atoms with Crippen LogP contribution in [0.5, 0.6) is 0 Å². The van der Waals surface area contributed by atoms with Gasteiger partial charge in [-0.1, -0.05) is 50.1 Å². The van der Waals surface area contributed by atoms with E-state index < -0.39 is 0 Å². The number of hydrogen-bond donors (Lipinski definition) is 2. The standard InChI is InChI=1S/C17H26N2O2/c1-14-7-5-6-10-16(14)18-17(21)19(11-12-20)13-15-8-3-2-4-9-15/h2-4,8-9,14,16,20H,5-7,10-13H2,1H3,(H,18,21). The number of nitrogens with one attached hydrogen (secondary N) is 1. The molecule has 2 unspecified atom stereocenters. The molecule has 1 aliphatic carbocycles. The van der Waals surface area contributed by atoms with Gasteiger partial charge in [0.15, 0.2) is 0 Å². The van der Waals surface area contributed by atoms with E-state index in [0.29, 0.717) is 19.0 Å². The molecule has 1 aliphatic rings. The first-order chi connectivity index (χ1) is 10.2. The molecule has 21 heavy (non-hydrogen) atoms. The van der Waals surface area contributed by atoms with Gasteiger partial charge in [0.05, 0.1) is 6.61 Å². The van der Waals surface area contributed by atoms with Crippen molar-refractivity contribution in [3.8, 4) is 0 Å². The number of carbonyl (C=O) groups is 1. The maximum atomic E-state index is 12.5. The maximum absolute atomic E-state index is 12.5. The topological polar surface area (TPSA) is 52.6 Å². The number of aliphatic hydroxyl groups is 1. The van der Waals surface area contributed by atoms with E-state index in [1.807, 2.05) is 30.3 Å². The second-order valence-corrected chi connectivity index (χ2v) is 5.95. The molecule has 1 fully saturated rings. The van der Waals surface area contributed by atoms with Crippen LogP contribution in [0.4, 0.5) is 4.79 Å². The second-order valence-electron chi connectivity index (χ2n) is 5.95. The van der Waals surface area contributed by atoms with Crippen LogP contribution in [0, 0.1) is 5.92 Å². The Balaban J connectivity index is 1.95. The van der Waals surface area contributed by atoms with Crippen LogP contribution in [0.2, 0.25) is 0 Å². The van der Waals surface area contributed by atoms with Gasteiger partial charge in [0, 0.05) is 19.1 Å². The number of hydrogen-bond acceptors (Lipinski definition) is 2. The number of nitrogens with zero attached hydrogens (tertiary/aromatic N) is 1. The van der Waals surface area contributed by atoms with Crippen molar-refractivity contribution in [1.82, 2.24) is 10.2 Å². The Hall–Kier alpha value is -1.55. The monoisotopic (exact) mass is 290 g/mol. The molecule has 1 aromatic carbocycles. The minimum absolute atomic E-state index is 0.0134. The zero-order valence-corrected chi connectivity index (χ0v) is 12.8. The average molecular weight is 290 g/mol. The molecule has 0 heterocycles. The zero-order valence-electron chi connectivity index (χ0n) is 12.8. The van der Waals surface area contributed by atoms with Gasteiger partial charge in [-0.05, 0) is 24.3 Å². The van der Waals surface area contributed by atoms with Crippen molar-refractivity contribution in [2.75, 3.05) is 13.2 Å². The van der Waals surface area contributed by atoms with Crippen molar-refractivity contribution in [1.29, 1.82) is 0 Å². The van der Waals surface area contributed by atoms with Gasteiger partial charge < -0.3 is 15.3 Å². The van der Waals surface area contributed by atoms with Crippen molar-refractivity contribution in [3.63, 3.8) is 0 Å². The summed E-state index contributed by atoms with van der Waals surface area (Å²) >= 11 is 0. The summed E-state index contributed by atoms with van der Waals surface area (Å²) in [6.07, 6.45) is 4.70. The van der Waals surface area contributed by atoms with Gasteiger partial charge >= 0.3 is 6.03 Å². The first-order valence-electron chi connectivity index (χ1n) is 7.91. The molecule has 0 saturated heterocycles. The third-order valence-corrected chi connectivity index (χ3v) is 4.29. The van der Waals surface area contributed by atoms with Crippen LogP contribution in [0.25, 0.3) is 0 Å². The quantitative estimate of drug-likeness (QED) is 0.876. The number of benzene rings is 1. The number of rotatable bonds is 5. The third-order valence-electron chi connectivity index (χ3n) is 4.29. The van der Waals surface area contributed by atoms with Crippen LogP contribution in [-0.2, 0) is 6.54 Å². The van der Waals surface area contributed by atoms with Crippen molar-refractivity contribution < 1.29 is 9.90 Å². The van der Waals surface area contributed by atoms with Gasteiger partial charge in [0.1, 0.15) is 0 Å². The fraction of sp³-hybridized carbons (Fsp3) is 0.588. The predicted octanol–water partition coefficient (Wildman–Crippen LogP) is 2.77. The molecular weight excluding hydrogens is 264 g/mol. The Kier molecular flexibility index (Phi) is 6.05. The number of carbonyl (C=O) groups excluding carboxylic acids is 1. The Morgan fingerprint density at radius 1 is 1.29 bits per heavy atom. The fourth-order valence-electron chi connectivity index (χ4n) is 2.96. The highest BCUT2D eigenvalue weighted by molar-refractivity contribution is 5.74. The lowest BCUT2D eigenvalue weighted by Crippen LogP contribution is -2.48. The van der Waals surface area contributed by atoms with E-state index in [1.54, 1.807) is 4.90 Å². The van der Waals surface area contributed by atoms with Crippen molar-refractivity contribution >= 4 is 6.03 Å². The lowest BCUT2D eigenvalue weighted by molar-refractivity contribution is 0.163. The third kappa shape index (κ3) is 4.74. The van der Waals surface area contributed by atoms with Crippen molar-refractivity contribution in [2.24, 2.45) is 5.92 Å². The predicted molar refractivity (Wildman–Crippen MR) is 83.9 cm³/mol. The highest BCUT2D eigenvalue weighted by Gasteiger charge is 2.24. The molecule has 2 N–H and O–H groups in total. The highest BCUT2D eigenvalue weighted by Crippen LogP contribution is 2.23. The summed E-state index contributed by atoms with van der Waals surface area (Å²) in [5, 5.41) is 12.3. The van der Waals surface area contributed by atoms with E-state index in [4.69, 9.17) is 0 Å². The van der Waals surface area contributed by atoms with Gasteiger partial charge in [0.25, 0.3) is 0 Å². The molecule has 116 valence electrons. The maximum Gasteiger partial charge on any atom is 0.318 e. The molecular formula is C17H26N2O2. The smallest absolute Gasteiger partial charge is 0.318 e. The molecule has 4 heteroatoms. The van der Waals surface area contributed by atoms with E-state index in [-0.39, 0.29) is 18.7 Å². The van der Waals surface area contributed by atoms with E-state index in [1.165, 1.54) is 19.3 Å². The summed E-state index contributed by atoms with van der Waals surface area (Å²) in [4.78, 5) is 14.1. The summed E-state index contributed by atoms with van der Waals surface area (Å²) in [7, 11) is 0. The van der Waals surface area contributed by atoms with Gasteiger partial charge in [-0.25, -0.2) is 4.79 Å². The Bertz CT molecular complexity index is 436. The number of aliphatic hydroxyl groups excluding tert-OH is 1. The van der Waals surface area contributed by atoms with E-state index in [9.17, 15) is 9.90 Å². The summed E-state index contributed by atoms with van der Waals surface area (Å²) in [6, 6.07) is 10.1. The van der Waals surface area contributed by atoms with Crippen LogP contribution >= 0.6 is 0 Å². The molecule has 0 radical (unpaired) electrons. The van der Waals surface area contributed by atoms with E-state index in [2.05, 4.69) is 12.2 Å². The van der Waals surface area contributed by atoms with Crippen LogP contribution < -0.4 is 5.32 Å². The summed E-state index contributed by atoms with van der Waals surface area (Å²) < 4.78 is 0. The molecule has 2 rings (SSSR count). The average Bonchev–Trinajstić information content (AvgIpc) is 2.50. The first kappa shape index (κ1) is 15.8. The Morgan fingerprint density at radius 2 is 2.00 bits per heavy atom. The van der Waals surface area contributed by atoms with Crippen LogP contribution in [0.15, 0.2) is 30.3 Å². The summed E-state index contributed by atoms with van der Waals surface area (Å²) in [5.41, 5.74) is 1.08. The Labute approximate surface area is 127 Å². The van der Waals surface area contributed by atoms with E-state index >= 15 is 0 Å². The van der Waals surface area contributed by atoms with Crippen LogP contribution in [-0.4, -0.2) is 35.2 Å². The largest absolute Gasteiger partial charge is 0.395 e. The molecule has 1 aromatic rings. The normalized spacial score (nSPS) is 21.8. The van der Waals surface area contributed by atoms with Gasteiger partial charge in [-0.3, -0.25) is 0 Å². The van der Waals surface area contributed by atoms with Crippen molar-refractivity contribution in [2.45, 2.75) is 45.2 Å². The molecule has 0 aromatic heterocycles. The molecule has 2 atom stereocenters. The molecule has 0 aliphatic heterocycles. The summed E-state index contributed by atoms with van der Waals surface area (Å²) in [5.74, 6) is 0.537. The fourth-order valence-corrected chi connectivity index (χ4v) is 2.96. The van der Waals surface area contributed by atoms with E-state index in [0.717, 1.165) is 12.0 Å². The Morgan fingerprint density at radius 3 is 2.67 bits per heavy atom. The zero-order chi connectivity index (χ0) is 15.1. The molecule has 1 saturated carbocycles. The lowest BCUT2D eigenvalue weighted by Gasteiger charge is -2.32. The molecule has 4 nitrogen and oxygen atoms in total. The lowest BCUT2D eigenvalue weighted by atomic mass is 9.86. The SMILES string of the molecule is CC1CCCCC1NC(=O)N(CCO)Cc1ccccc1. The number of amides is 2. The van der Waals surface area contributed by atoms with Gasteiger partial charge in [-0.15, -0.1) is 0 Å². The van der Waals surface area contributed by atoms with Crippen LogP contribution in [0.3, 0.4) is 0 Å². The number of urea groups is 1. The molecule has 0 bridgehead atoms. The first-order valence-corrected chi connectivity index (χ1v) is 7.91.